The molecular weight excluding hydrogens is 366 g/mol. The molecule has 29 heavy (non-hydrogen) atoms. The van der Waals surface area contributed by atoms with Gasteiger partial charge in [-0.1, -0.05) is 12.1 Å². The predicted octanol–water partition coefficient (Wildman–Crippen LogP) is 2.20. The SMILES string of the molecule is CN(C)c1ccc(CN2CCN(Cc3nc(C(=O)NCC4CC4)co3)CC2)cc1. The Labute approximate surface area is 172 Å². The zero-order valence-electron chi connectivity index (χ0n) is 17.4. The van der Waals surface area contributed by atoms with Crippen molar-refractivity contribution in [2.75, 3.05) is 51.7 Å². The van der Waals surface area contributed by atoms with E-state index in [-0.39, 0.29) is 5.91 Å². The summed E-state index contributed by atoms with van der Waals surface area (Å²) in [5.41, 5.74) is 2.96. The molecule has 0 spiro atoms. The maximum absolute atomic E-state index is 12.1. The summed E-state index contributed by atoms with van der Waals surface area (Å²) >= 11 is 0. The number of piperazine rings is 1. The molecule has 1 amide bonds. The number of nitrogens with one attached hydrogen (secondary N) is 1. The van der Waals surface area contributed by atoms with Crippen LogP contribution in [0.4, 0.5) is 5.69 Å². The quantitative estimate of drug-likeness (QED) is 0.737. The minimum atomic E-state index is -0.128. The monoisotopic (exact) mass is 397 g/mol. The van der Waals surface area contributed by atoms with Gasteiger partial charge in [0.15, 0.2) is 5.69 Å². The molecule has 0 radical (unpaired) electrons. The summed E-state index contributed by atoms with van der Waals surface area (Å²) in [5, 5.41) is 2.93. The van der Waals surface area contributed by atoms with E-state index < -0.39 is 0 Å². The van der Waals surface area contributed by atoms with Crippen LogP contribution in [0, 0.1) is 5.92 Å². The highest BCUT2D eigenvalue weighted by Crippen LogP contribution is 2.27. The number of benzene rings is 1. The molecule has 0 unspecified atom stereocenters. The number of carbonyl (C=O) groups excluding carboxylic acids is 1. The van der Waals surface area contributed by atoms with E-state index in [4.69, 9.17) is 4.42 Å². The number of rotatable bonds is 8. The Morgan fingerprint density at radius 1 is 1.10 bits per heavy atom. The number of amides is 1. The van der Waals surface area contributed by atoms with Crippen LogP contribution < -0.4 is 10.2 Å². The van der Waals surface area contributed by atoms with E-state index >= 15 is 0 Å². The van der Waals surface area contributed by atoms with E-state index in [2.05, 4.69) is 63.4 Å². The number of oxazole rings is 1. The molecule has 0 bridgehead atoms. The fourth-order valence-corrected chi connectivity index (χ4v) is 3.59. The molecule has 1 aliphatic carbocycles. The first-order valence-corrected chi connectivity index (χ1v) is 10.5. The zero-order chi connectivity index (χ0) is 20.2. The van der Waals surface area contributed by atoms with Gasteiger partial charge in [-0.15, -0.1) is 0 Å². The van der Waals surface area contributed by atoms with Crippen LogP contribution in [0.5, 0.6) is 0 Å². The molecule has 0 atom stereocenters. The minimum absolute atomic E-state index is 0.128. The molecule has 2 heterocycles. The van der Waals surface area contributed by atoms with Crippen LogP contribution in [-0.2, 0) is 13.1 Å². The molecule has 1 saturated carbocycles. The van der Waals surface area contributed by atoms with Crippen molar-refractivity contribution in [2.45, 2.75) is 25.9 Å². The summed E-state index contributed by atoms with van der Waals surface area (Å²) in [7, 11) is 4.12. The summed E-state index contributed by atoms with van der Waals surface area (Å²) in [6.45, 7) is 6.37. The topological polar surface area (TPSA) is 64.8 Å². The van der Waals surface area contributed by atoms with E-state index in [9.17, 15) is 4.79 Å². The molecule has 1 aromatic carbocycles. The smallest absolute Gasteiger partial charge is 0.273 e. The summed E-state index contributed by atoms with van der Waals surface area (Å²) in [6, 6.07) is 8.77. The third kappa shape index (κ3) is 5.58. The lowest BCUT2D eigenvalue weighted by Crippen LogP contribution is -2.45. The predicted molar refractivity (Wildman–Crippen MR) is 113 cm³/mol. The Morgan fingerprint density at radius 2 is 1.76 bits per heavy atom. The average molecular weight is 398 g/mol. The molecule has 156 valence electrons. The lowest BCUT2D eigenvalue weighted by Gasteiger charge is -2.34. The third-order valence-electron chi connectivity index (χ3n) is 5.72. The summed E-state index contributed by atoms with van der Waals surface area (Å²) < 4.78 is 5.53. The molecule has 2 fully saturated rings. The highest BCUT2D eigenvalue weighted by molar-refractivity contribution is 5.91. The van der Waals surface area contributed by atoms with Crippen LogP contribution in [0.2, 0.25) is 0 Å². The Balaban J connectivity index is 1.21. The molecule has 1 aliphatic heterocycles. The molecule has 1 saturated heterocycles. The van der Waals surface area contributed by atoms with Crippen molar-refractivity contribution in [3.63, 3.8) is 0 Å². The summed E-state index contributed by atoms with van der Waals surface area (Å²) in [6.07, 6.45) is 3.92. The lowest BCUT2D eigenvalue weighted by atomic mass is 10.1. The average Bonchev–Trinajstić information content (AvgIpc) is 3.44. The first-order valence-electron chi connectivity index (χ1n) is 10.5. The summed E-state index contributed by atoms with van der Waals surface area (Å²) in [5.74, 6) is 1.15. The Hall–Kier alpha value is -2.38. The van der Waals surface area contributed by atoms with Crippen LogP contribution in [0.3, 0.4) is 0 Å². The van der Waals surface area contributed by atoms with Crippen molar-refractivity contribution >= 4 is 11.6 Å². The molecule has 7 nitrogen and oxygen atoms in total. The molecule has 7 heteroatoms. The van der Waals surface area contributed by atoms with Crippen LogP contribution in [-0.4, -0.2) is 67.5 Å². The van der Waals surface area contributed by atoms with Crippen molar-refractivity contribution < 1.29 is 9.21 Å². The van der Waals surface area contributed by atoms with Crippen LogP contribution >= 0.6 is 0 Å². The normalized spacial score (nSPS) is 18.0. The van der Waals surface area contributed by atoms with E-state index in [1.807, 2.05) is 0 Å². The van der Waals surface area contributed by atoms with E-state index in [1.165, 1.54) is 30.4 Å². The van der Waals surface area contributed by atoms with Gasteiger partial charge in [0.1, 0.15) is 6.26 Å². The van der Waals surface area contributed by atoms with Gasteiger partial charge >= 0.3 is 0 Å². The Bertz CT molecular complexity index is 805. The molecule has 1 N–H and O–H groups in total. The number of carbonyl (C=O) groups is 1. The highest BCUT2D eigenvalue weighted by atomic mass is 16.3. The lowest BCUT2D eigenvalue weighted by molar-refractivity contribution is 0.0946. The second-order valence-electron chi connectivity index (χ2n) is 8.39. The van der Waals surface area contributed by atoms with E-state index in [0.717, 1.165) is 39.3 Å². The summed E-state index contributed by atoms with van der Waals surface area (Å²) in [4.78, 5) is 23.4. The fraction of sp³-hybridized carbons (Fsp3) is 0.545. The van der Waals surface area contributed by atoms with Gasteiger partial charge in [0.2, 0.25) is 5.89 Å². The van der Waals surface area contributed by atoms with Gasteiger partial charge in [-0.05, 0) is 36.5 Å². The van der Waals surface area contributed by atoms with Crippen LogP contribution in [0.1, 0.15) is 34.8 Å². The second-order valence-corrected chi connectivity index (χ2v) is 8.39. The van der Waals surface area contributed by atoms with Gasteiger partial charge in [0.05, 0.1) is 6.54 Å². The number of aromatic nitrogens is 1. The van der Waals surface area contributed by atoms with Gasteiger partial charge in [0.25, 0.3) is 5.91 Å². The Morgan fingerprint density at radius 3 is 2.38 bits per heavy atom. The van der Waals surface area contributed by atoms with Crippen LogP contribution in [0.25, 0.3) is 0 Å². The first kappa shape index (κ1) is 19.9. The van der Waals surface area contributed by atoms with E-state index in [1.54, 1.807) is 0 Å². The zero-order valence-corrected chi connectivity index (χ0v) is 17.4. The van der Waals surface area contributed by atoms with Gasteiger partial charge < -0.3 is 14.6 Å². The number of hydrogen-bond acceptors (Lipinski definition) is 6. The fourth-order valence-electron chi connectivity index (χ4n) is 3.59. The standard InChI is InChI=1S/C22H31N5O2/c1-25(2)19-7-5-18(6-8-19)14-26-9-11-27(12-10-26)15-21-24-20(16-29-21)22(28)23-13-17-3-4-17/h5-8,16-17H,3-4,9-15H2,1-2H3,(H,23,28). The molecule has 2 aliphatic rings. The number of hydrogen-bond donors (Lipinski definition) is 1. The Kier molecular flexibility index (Phi) is 6.16. The van der Waals surface area contributed by atoms with Crippen LogP contribution in [0.15, 0.2) is 34.9 Å². The van der Waals surface area contributed by atoms with E-state index in [0.29, 0.717) is 24.0 Å². The maximum atomic E-state index is 12.1. The van der Waals surface area contributed by atoms with Gasteiger partial charge in [-0.25, -0.2) is 4.98 Å². The molecular formula is C22H31N5O2. The van der Waals surface area contributed by atoms with Crippen molar-refractivity contribution in [3.8, 4) is 0 Å². The molecule has 1 aromatic heterocycles. The second kappa shape index (κ2) is 8.97. The van der Waals surface area contributed by atoms with Gasteiger partial charge in [-0.2, -0.15) is 0 Å². The van der Waals surface area contributed by atoms with Gasteiger partial charge in [0, 0.05) is 59.1 Å². The van der Waals surface area contributed by atoms with Crippen molar-refractivity contribution in [2.24, 2.45) is 5.92 Å². The molecule has 4 rings (SSSR count). The highest BCUT2D eigenvalue weighted by Gasteiger charge is 2.23. The first-order chi connectivity index (χ1) is 14.1. The number of nitrogens with zero attached hydrogens (tertiary/aromatic N) is 4. The van der Waals surface area contributed by atoms with Crippen molar-refractivity contribution in [1.82, 2.24) is 20.1 Å². The molecule has 2 aromatic rings. The minimum Gasteiger partial charge on any atom is -0.447 e. The third-order valence-corrected chi connectivity index (χ3v) is 5.72. The maximum Gasteiger partial charge on any atom is 0.273 e. The van der Waals surface area contributed by atoms with Gasteiger partial charge in [-0.3, -0.25) is 14.6 Å². The largest absolute Gasteiger partial charge is 0.447 e. The number of anilines is 1. The van der Waals surface area contributed by atoms with Crippen molar-refractivity contribution in [3.05, 3.63) is 47.7 Å². The van der Waals surface area contributed by atoms with Crippen molar-refractivity contribution in [1.29, 1.82) is 0 Å².